The number of hydrogen-bond donors (Lipinski definition) is 1. The van der Waals surface area contributed by atoms with Gasteiger partial charge in [0.25, 0.3) is 0 Å². The molecule has 110 valence electrons. The van der Waals surface area contributed by atoms with E-state index < -0.39 is 0 Å². The van der Waals surface area contributed by atoms with E-state index in [1.807, 2.05) is 11.0 Å². The molecule has 3 nitrogen and oxygen atoms in total. The van der Waals surface area contributed by atoms with Crippen molar-refractivity contribution in [3.05, 3.63) is 28.2 Å². The van der Waals surface area contributed by atoms with E-state index in [-0.39, 0.29) is 5.91 Å². The van der Waals surface area contributed by atoms with Crippen molar-refractivity contribution in [3.63, 3.8) is 0 Å². The van der Waals surface area contributed by atoms with E-state index in [0.717, 1.165) is 29.7 Å². The zero-order valence-corrected chi connectivity index (χ0v) is 13.9. The van der Waals surface area contributed by atoms with Crippen molar-refractivity contribution in [3.8, 4) is 0 Å². The summed E-state index contributed by atoms with van der Waals surface area (Å²) >= 11 is 3.52. The number of rotatable bonds is 4. The number of carbonyl (C=O) groups excluding carboxylic acids is 1. The van der Waals surface area contributed by atoms with E-state index in [2.05, 4.69) is 47.2 Å². The molecule has 1 aromatic carbocycles. The maximum Gasteiger partial charge on any atom is 0.224 e. The summed E-state index contributed by atoms with van der Waals surface area (Å²) < 4.78 is 1.10. The zero-order chi connectivity index (χ0) is 14.5. The molecule has 0 radical (unpaired) electrons. The van der Waals surface area contributed by atoms with E-state index in [0.29, 0.717) is 18.9 Å². The molecule has 4 heteroatoms. The van der Waals surface area contributed by atoms with Gasteiger partial charge in [0.15, 0.2) is 0 Å². The van der Waals surface area contributed by atoms with Crippen LogP contribution in [0.4, 0.5) is 5.69 Å². The Bertz CT molecular complexity index is 476. The van der Waals surface area contributed by atoms with Crippen LogP contribution in [0.1, 0.15) is 31.7 Å². The van der Waals surface area contributed by atoms with Gasteiger partial charge in [-0.15, -0.1) is 0 Å². The second kappa shape index (κ2) is 7.11. The van der Waals surface area contributed by atoms with Crippen molar-refractivity contribution < 1.29 is 4.79 Å². The SMILES string of the molecule is Cc1ccc(NCCC(=O)N2CCCC(C)C2)cc1Br. The molecule has 20 heavy (non-hydrogen) atoms. The second-order valence-electron chi connectivity index (χ2n) is 5.73. The number of likely N-dealkylation sites (tertiary alicyclic amines) is 1. The Kier molecular flexibility index (Phi) is 5.46. The third kappa shape index (κ3) is 4.23. The predicted octanol–water partition coefficient (Wildman–Crippen LogP) is 3.82. The number of benzene rings is 1. The van der Waals surface area contributed by atoms with E-state index >= 15 is 0 Å². The Morgan fingerprint density at radius 2 is 2.30 bits per heavy atom. The van der Waals surface area contributed by atoms with Crippen LogP contribution < -0.4 is 5.32 Å². The molecule has 1 aromatic rings. The molecule has 1 unspecified atom stereocenters. The van der Waals surface area contributed by atoms with Crippen LogP contribution in [0.3, 0.4) is 0 Å². The normalized spacial score (nSPS) is 18.9. The summed E-state index contributed by atoms with van der Waals surface area (Å²) in [4.78, 5) is 14.1. The number of nitrogens with zero attached hydrogens (tertiary/aromatic N) is 1. The minimum Gasteiger partial charge on any atom is -0.384 e. The summed E-state index contributed by atoms with van der Waals surface area (Å²) in [5.41, 5.74) is 2.27. The molecule has 1 aliphatic rings. The van der Waals surface area contributed by atoms with Gasteiger partial charge in [0.1, 0.15) is 0 Å². The number of nitrogens with one attached hydrogen (secondary N) is 1. The molecule has 0 aliphatic carbocycles. The molecule has 1 N–H and O–H groups in total. The Morgan fingerprint density at radius 3 is 3.00 bits per heavy atom. The maximum absolute atomic E-state index is 12.1. The summed E-state index contributed by atoms with van der Waals surface area (Å²) in [6.07, 6.45) is 2.96. The number of hydrogen-bond acceptors (Lipinski definition) is 2. The van der Waals surface area contributed by atoms with Gasteiger partial charge in [-0.2, -0.15) is 0 Å². The van der Waals surface area contributed by atoms with Gasteiger partial charge in [-0.1, -0.05) is 28.9 Å². The summed E-state index contributed by atoms with van der Waals surface area (Å²) in [6.45, 7) is 6.84. The molecule has 1 atom stereocenters. The Hall–Kier alpha value is -1.03. The number of aryl methyl sites for hydroxylation is 1. The predicted molar refractivity (Wildman–Crippen MR) is 87.0 cm³/mol. The minimum atomic E-state index is 0.273. The van der Waals surface area contributed by atoms with Crippen molar-refractivity contribution in [1.29, 1.82) is 0 Å². The van der Waals surface area contributed by atoms with E-state index in [1.54, 1.807) is 0 Å². The molecular formula is C16H23BrN2O. The van der Waals surface area contributed by atoms with Gasteiger partial charge >= 0.3 is 0 Å². The van der Waals surface area contributed by atoms with Gasteiger partial charge in [0.05, 0.1) is 0 Å². The molecular weight excluding hydrogens is 316 g/mol. The van der Waals surface area contributed by atoms with Crippen molar-refractivity contribution in [2.24, 2.45) is 5.92 Å². The van der Waals surface area contributed by atoms with E-state index in [9.17, 15) is 4.79 Å². The highest BCUT2D eigenvalue weighted by molar-refractivity contribution is 9.10. The summed E-state index contributed by atoms with van der Waals surface area (Å²) in [7, 11) is 0. The molecule has 0 aromatic heterocycles. The molecule has 1 aliphatic heterocycles. The van der Waals surface area contributed by atoms with E-state index in [1.165, 1.54) is 12.0 Å². The first kappa shape index (κ1) is 15.4. The van der Waals surface area contributed by atoms with Gasteiger partial charge in [-0.25, -0.2) is 0 Å². The quantitative estimate of drug-likeness (QED) is 0.905. The average molecular weight is 339 g/mol. The van der Waals surface area contributed by atoms with Crippen LogP contribution in [0.15, 0.2) is 22.7 Å². The molecule has 2 rings (SSSR count). The largest absolute Gasteiger partial charge is 0.384 e. The molecule has 1 saturated heterocycles. The monoisotopic (exact) mass is 338 g/mol. The lowest BCUT2D eigenvalue weighted by atomic mass is 10.00. The van der Waals surface area contributed by atoms with Gasteiger partial charge in [0, 0.05) is 36.2 Å². The van der Waals surface area contributed by atoms with Crippen LogP contribution in [-0.4, -0.2) is 30.4 Å². The maximum atomic E-state index is 12.1. The van der Waals surface area contributed by atoms with Gasteiger partial charge in [0.2, 0.25) is 5.91 Å². The lowest BCUT2D eigenvalue weighted by molar-refractivity contribution is -0.132. The van der Waals surface area contributed by atoms with Gasteiger partial charge in [-0.3, -0.25) is 4.79 Å². The first-order valence-corrected chi connectivity index (χ1v) is 8.13. The van der Waals surface area contributed by atoms with Gasteiger partial charge < -0.3 is 10.2 Å². The van der Waals surface area contributed by atoms with Crippen LogP contribution in [0.25, 0.3) is 0 Å². The Morgan fingerprint density at radius 1 is 1.50 bits per heavy atom. The van der Waals surface area contributed by atoms with Gasteiger partial charge in [-0.05, 0) is 43.4 Å². The molecule has 1 amide bonds. The molecule has 1 fully saturated rings. The zero-order valence-electron chi connectivity index (χ0n) is 12.3. The minimum absolute atomic E-state index is 0.273. The van der Waals surface area contributed by atoms with Crippen molar-refractivity contribution in [2.75, 3.05) is 25.0 Å². The lowest BCUT2D eigenvalue weighted by Crippen LogP contribution is -2.39. The highest BCUT2D eigenvalue weighted by atomic mass is 79.9. The van der Waals surface area contributed by atoms with Crippen molar-refractivity contribution in [2.45, 2.75) is 33.1 Å². The van der Waals surface area contributed by atoms with Crippen LogP contribution >= 0.6 is 15.9 Å². The lowest BCUT2D eigenvalue weighted by Gasteiger charge is -2.31. The standard InChI is InChI=1S/C16H23BrN2O/c1-12-4-3-9-19(11-12)16(20)7-8-18-14-6-5-13(2)15(17)10-14/h5-6,10,12,18H,3-4,7-9,11H2,1-2H3. The highest BCUT2D eigenvalue weighted by Crippen LogP contribution is 2.21. The number of amides is 1. The van der Waals surface area contributed by atoms with Crippen LogP contribution in [0.5, 0.6) is 0 Å². The Labute approximate surface area is 129 Å². The molecule has 0 spiro atoms. The molecule has 0 saturated carbocycles. The van der Waals surface area contributed by atoms with Crippen LogP contribution in [0.2, 0.25) is 0 Å². The number of anilines is 1. The first-order chi connectivity index (χ1) is 9.56. The van der Waals surface area contributed by atoms with Crippen LogP contribution in [-0.2, 0) is 4.79 Å². The number of carbonyl (C=O) groups is 1. The third-order valence-electron chi connectivity index (χ3n) is 3.85. The number of piperidine rings is 1. The molecule has 0 bridgehead atoms. The Balaban J connectivity index is 1.77. The molecule has 1 heterocycles. The fourth-order valence-corrected chi connectivity index (χ4v) is 2.97. The van der Waals surface area contributed by atoms with E-state index in [4.69, 9.17) is 0 Å². The van der Waals surface area contributed by atoms with Crippen molar-refractivity contribution in [1.82, 2.24) is 4.90 Å². The first-order valence-electron chi connectivity index (χ1n) is 7.34. The summed E-state index contributed by atoms with van der Waals surface area (Å²) in [5.74, 6) is 0.920. The average Bonchev–Trinajstić information content (AvgIpc) is 2.42. The fourth-order valence-electron chi connectivity index (χ4n) is 2.59. The smallest absolute Gasteiger partial charge is 0.224 e. The topological polar surface area (TPSA) is 32.3 Å². The summed E-state index contributed by atoms with van der Waals surface area (Å²) in [5, 5.41) is 3.32. The second-order valence-corrected chi connectivity index (χ2v) is 6.58. The summed E-state index contributed by atoms with van der Waals surface area (Å²) in [6, 6.07) is 6.18. The highest BCUT2D eigenvalue weighted by Gasteiger charge is 2.20. The third-order valence-corrected chi connectivity index (χ3v) is 4.70. The van der Waals surface area contributed by atoms with Crippen molar-refractivity contribution >= 4 is 27.5 Å². The number of halogens is 1. The van der Waals surface area contributed by atoms with Crippen LogP contribution in [0, 0.1) is 12.8 Å². The fraction of sp³-hybridized carbons (Fsp3) is 0.562.